The van der Waals surface area contributed by atoms with Crippen LogP contribution in [0.2, 0.25) is 0 Å². The molecule has 1 aromatic heterocycles. The highest BCUT2D eigenvalue weighted by Gasteiger charge is 2.30. The van der Waals surface area contributed by atoms with Crippen molar-refractivity contribution in [1.29, 1.82) is 0 Å². The topological polar surface area (TPSA) is 141 Å². The van der Waals surface area contributed by atoms with Crippen molar-refractivity contribution in [3.63, 3.8) is 0 Å². The maximum absolute atomic E-state index is 12.8. The number of rotatable bonds is 9. The van der Waals surface area contributed by atoms with Crippen LogP contribution in [-0.4, -0.2) is 36.0 Å². The van der Waals surface area contributed by atoms with Gasteiger partial charge in [0.2, 0.25) is 15.7 Å². The van der Waals surface area contributed by atoms with E-state index in [0.717, 1.165) is 17.3 Å². The van der Waals surface area contributed by atoms with Crippen LogP contribution in [0.15, 0.2) is 28.0 Å². The molecule has 2 rings (SSSR count). The summed E-state index contributed by atoms with van der Waals surface area (Å²) in [5.74, 6) is -1.89. The predicted octanol–water partition coefficient (Wildman–Crippen LogP) is 2.83. The van der Waals surface area contributed by atoms with Crippen molar-refractivity contribution in [3.8, 4) is 0 Å². The molecule has 8 nitrogen and oxygen atoms in total. The second-order valence-electron chi connectivity index (χ2n) is 8.83. The van der Waals surface area contributed by atoms with Crippen LogP contribution in [-0.2, 0) is 26.7 Å². The van der Waals surface area contributed by atoms with Crippen LogP contribution >= 0.6 is 0 Å². The summed E-state index contributed by atoms with van der Waals surface area (Å²) in [6, 6.07) is 3.33. The maximum Gasteiger partial charge on any atom is 0.315 e. The van der Waals surface area contributed by atoms with Crippen molar-refractivity contribution in [3.05, 3.63) is 46.3 Å². The number of aliphatic hydroxyl groups is 1. The van der Waals surface area contributed by atoms with E-state index < -0.39 is 38.1 Å². The molecule has 170 valence electrons. The fraction of sp³-hybridized carbons (Fsp3) is 0.500. The van der Waals surface area contributed by atoms with Gasteiger partial charge >= 0.3 is 5.22 Å². The van der Waals surface area contributed by atoms with Gasteiger partial charge in [0.05, 0.1) is 6.20 Å². The molecule has 3 N–H and O–H groups in total. The first-order chi connectivity index (χ1) is 14.1. The van der Waals surface area contributed by atoms with Crippen LogP contribution in [0.5, 0.6) is 0 Å². The number of primary amides is 1. The van der Waals surface area contributed by atoms with Gasteiger partial charge in [-0.25, -0.2) is 13.4 Å². The SMILES string of the molecule is CC(C)c1cc(C(N)=O)cc(C(C)C)c1CC(=O)CS(=O)(=O)c1ncc(C(C)(C)O)o1. The zero-order valence-electron chi connectivity index (χ0n) is 18.7. The lowest BCUT2D eigenvalue weighted by atomic mass is 9.84. The van der Waals surface area contributed by atoms with E-state index in [1.54, 1.807) is 12.1 Å². The van der Waals surface area contributed by atoms with Crippen molar-refractivity contribution < 1.29 is 27.5 Å². The van der Waals surface area contributed by atoms with E-state index in [1.165, 1.54) is 13.8 Å². The Morgan fingerprint density at radius 2 is 1.65 bits per heavy atom. The molecule has 31 heavy (non-hydrogen) atoms. The molecule has 0 fully saturated rings. The fourth-order valence-electron chi connectivity index (χ4n) is 3.30. The minimum absolute atomic E-state index is 0.00251. The van der Waals surface area contributed by atoms with E-state index in [4.69, 9.17) is 10.2 Å². The summed E-state index contributed by atoms with van der Waals surface area (Å²) in [5, 5.41) is 9.34. The summed E-state index contributed by atoms with van der Waals surface area (Å²) in [5.41, 5.74) is 6.70. The number of nitrogens with two attached hydrogens (primary N) is 1. The average molecular weight is 451 g/mol. The lowest BCUT2D eigenvalue weighted by Gasteiger charge is -2.20. The molecule has 0 radical (unpaired) electrons. The molecular formula is C22H30N2O6S. The molecule has 0 spiro atoms. The summed E-state index contributed by atoms with van der Waals surface area (Å²) >= 11 is 0. The van der Waals surface area contributed by atoms with Gasteiger partial charge in [0, 0.05) is 12.0 Å². The largest absolute Gasteiger partial charge is 0.430 e. The van der Waals surface area contributed by atoms with Crippen LogP contribution in [0, 0.1) is 0 Å². The molecule has 0 unspecified atom stereocenters. The van der Waals surface area contributed by atoms with Crippen molar-refractivity contribution in [2.24, 2.45) is 5.73 Å². The standard InChI is InChI=1S/C22H30N2O6S/c1-12(2)16-7-14(20(23)26)8-17(13(3)4)18(16)9-15(25)11-31(28,29)21-24-10-19(30-21)22(5,6)27/h7-8,10,12-13,27H,9,11H2,1-6H3,(H2,23,26). The number of hydrogen-bond acceptors (Lipinski definition) is 7. The molecule has 9 heteroatoms. The molecule has 0 aliphatic carbocycles. The van der Waals surface area contributed by atoms with E-state index in [0.29, 0.717) is 11.1 Å². The molecule has 0 aliphatic rings. The monoisotopic (exact) mass is 450 g/mol. The number of benzene rings is 1. The number of amides is 1. The molecule has 0 aliphatic heterocycles. The summed E-state index contributed by atoms with van der Waals surface area (Å²) in [4.78, 5) is 28.2. The van der Waals surface area contributed by atoms with Crippen LogP contribution < -0.4 is 5.73 Å². The summed E-state index contributed by atoms with van der Waals surface area (Å²) in [6.45, 7) is 10.6. The summed E-state index contributed by atoms with van der Waals surface area (Å²) in [6.07, 6.45) is 1.02. The number of aromatic nitrogens is 1. The molecular weight excluding hydrogens is 420 g/mol. The molecule has 0 saturated carbocycles. The smallest absolute Gasteiger partial charge is 0.315 e. The Bertz CT molecular complexity index is 1060. The maximum atomic E-state index is 12.8. The third kappa shape index (κ3) is 5.80. The van der Waals surface area contributed by atoms with Crippen molar-refractivity contribution in [1.82, 2.24) is 4.98 Å². The van der Waals surface area contributed by atoms with Gasteiger partial charge in [0.1, 0.15) is 11.4 Å². The second-order valence-corrected chi connectivity index (χ2v) is 10.7. The second kappa shape index (κ2) is 8.92. The van der Waals surface area contributed by atoms with Gasteiger partial charge in [-0.05, 0) is 54.5 Å². The number of Topliss-reactive ketones (excluding diaryl/α,β-unsaturated/α-hetero) is 1. The third-order valence-corrected chi connectivity index (χ3v) is 6.35. The van der Waals surface area contributed by atoms with Gasteiger partial charge in [0.15, 0.2) is 11.5 Å². The Kier molecular flexibility index (Phi) is 7.12. The number of nitrogens with zero attached hydrogens (tertiary/aromatic N) is 1. The Balaban J connectivity index is 2.38. The Morgan fingerprint density at radius 3 is 2.03 bits per heavy atom. The third-order valence-electron chi connectivity index (χ3n) is 4.93. The van der Waals surface area contributed by atoms with Gasteiger partial charge in [0.25, 0.3) is 0 Å². The molecule has 1 heterocycles. The molecule has 0 atom stereocenters. The fourth-order valence-corrected chi connectivity index (χ4v) is 4.38. The number of sulfone groups is 1. The van der Waals surface area contributed by atoms with Crippen LogP contribution in [0.3, 0.4) is 0 Å². The zero-order valence-corrected chi connectivity index (χ0v) is 19.5. The first kappa shape index (κ1) is 24.7. The van der Waals surface area contributed by atoms with Gasteiger partial charge in [-0.3, -0.25) is 9.59 Å². The molecule has 1 amide bonds. The number of carbonyl (C=O) groups excluding carboxylic acids is 2. The first-order valence-corrected chi connectivity index (χ1v) is 11.7. The highest BCUT2D eigenvalue weighted by molar-refractivity contribution is 7.91. The van der Waals surface area contributed by atoms with Crippen molar-refractivity contribution in [2.75, 3.05) is 5.75 Å². The van der Waals surface area contributed by atoms with E-state index in [-0.39, 0.29) is 24.0 Å². The van der Waals surface area contributed by atoms with Gasteiger partial charge in [-0.15, -0.1) is 0 Å². The summed E-state index contributed by atoms with van der Waals surface area (Å²) in [7, 11) is -4.12. The molecule has 1 aromatic carbocycles. The Morgan fingerprint density at radius 1 is 1.13 bits per heavy atom. The normalized spacial score (nSPS) is 12.5. The quantitative estimate of drug-likeness (QED) is 0.598. The van der Waals surface area contributed by atoms with Crippen molar-refractivity contribution in [2.45, 2.75) is 70.6 Å². The van der Waals surface area contributed by atoms with E-state index in [2.05, 4.69) is 4.98 Å². The minimum Gasteiger partial charge on any atom is -0.430 e. The zero-order chi connectivity index (χ0) is 23.7. The first-order valence-electron chi connectivity index (χ1n) is 10.0. The lowest BCUT2D eigenvalue weighted by Crippen LogP contribution is -2.21. The molecule has 2 aromatic rings. The predicted molar refractivity (Wildman–Crippen MR) is 116 cm³/mol. The van der Waals surface area contributed by atoms with E-state index in [1.807, 2.05) is 27.7 Å². The highest BCUT2D eigenvalue weighted by atomic mass is 32.2. The Labute approximate surface area is 182 Å². The van der Waals surface area contributed by atoms with Crippen LogP contribution in [0.25, 0.3) is 0 Å². The lowest BCUT2D eigenvalue weighted by molar-refractivity contribution is -0.116. The molecule has 0 bridgehead atoms. The van der Waals surface area contributed by atoms with Crippen molar-refractivity contribution >= 4 is 21.5 Å². The minimum atomic E-state index is -4.12. The summed E-state index contributed by atoms with van der Waals surface area (Å²) < 4.78 is 30.4. The van der Waals surface area contributed by atoms with Crippen LogP contribution in [0.4, 0.5) is 0 Å². The van der Waals surface area contributed by atoms with E-state index >= 15 is 0 Å². The average Bonchev–Trinajstić information content (AvgIpc) is 3.12. The van der Waals surface area contributed by atoms with Crippen LogP contribution in [0.1, 0.15) is 86.2 Å². The van der Waals surface area contributed by atoms with Gasteiger partial charge < -0.3 is 15.3 Å². The number of ketones is 1. The number of oxazole rings is 1. The molecule has 0 saturated heterocycles. The Hall–Kier alpha value is -2.52. The number of hydrogen-bond donors (Lipinski definition) is 2. The van der Waals surface area contributed by atoms with Gasteiger partial charge in [-0.2, -0.15) is 0 Å². The number of carbonyl (C=O) groups is 2. The van der Waals surface area contributed by atoms with Gasteiger partial charge in [-0.1, -0.05) is 27.7 Å². The van der Waals surface area contributed by atoms with E-state index in [9.17, 15) is 23.1 Å². The highest BCUT2D eigenvalue weighted by Crippen LogP contribution is 2.30.